The third-order valence-electron chi connectivity index (χ3n) is 10.1. The number of hydrogen-bond donors (Lipinski definition) is 2. The molecule has 2 aliphatic carbocycles. The van der Waals surface area contributed by atoms with Crippen LogP contribution in [0.25, 0.3) is 22.2 Å². The van der Waals surface area contributed by atoms with Crippen molar-refractivity contribution in [1.82, 2.24) is 13.8 Å². The van der Waals surface area contributed by atoms with Crippen molar-refractivity contribution in [2.75, 3.05) is 47.5 Å². The summed E-state index contributed by atoms with van der Waals surface area (Å²) in [6.45, 7) is 1.31. The molecule has 0 spiro atoms. The van der Waals surface area contributed by atoms with E-state index in [9.17, 15) is 23.1 Å². The number of likely N-dealkylation sites (N-methyl/N-ethyl adjacent to an activating group) is 2. The lowest BCUT2D eigenvalue weighted by Gasteiger charge is -2.26. The van der Waals surface area contributed by atoms with Crippen LogP contribution in [0.3, 0.4) is 0 Å². The molecule has 11 nitrogen and oxygen atoms in total. The van der Waals surface area contributed by atoms with Gasteiger partial charge in [0.15, 0.2) is 0 Å². The van der Waals surface area contributed by atoms with Crippen LogP contribution in [-0.2, 0) is 26.3 Å². The Morgan fingerprint density at radius 3 is 2.49 bits per heavy atom. The molecule has 3 N–H and O–H groups in total. The van der Waals surface area contributed by atoms with Crippen molar-refractivity contribution in [3.8, 4) is 17.0 Å². The van der Waals surface area contributed by atoms with Gasteiger partial charge in [-0.15, -0.1) is 0 Å². The number of hydrogen-bond acceptors (Lipinski definition) is 6. The largest absolute Gasteiger partial charge is 0.497 e. The summed E-state index contributed by atoms with van der Waals surface area (Å²) in [6, 6.07) is 11.6. The normalized spacial score (nSPS) is 21.1. The number of ether oxygens (including phenoxy) is 2. The average molecular weight is 639 g/mol. The van der Waals surface area contributed by atoms with Gasteiger partial charge in [0.1, 0.15) is 5.75 Å². The van der Waals surface area contributed by atoms with Gasteiger partial charge < -0.3 is 24.0 Å². The topological polar surface area (TPSA) is 144 Å². The molecule has 12 heteroatoms. The number of fused-ring (bicyclic) bond motifs is 7. The summed E-state index contributed by atoms with van der Waals surface area (Å²) in [5, 5.41) is 16.1. The van der Waals surface area contributed by atoms with E-state index in [0.29, 0.717) is 25.4 Å². The van der Waals surface area contributed by atoms with Crippen molar-refractivity contribution in [3.63, 3.8) is 0 Å². The Kier molecular flexibility index (Phi) is 8.44. The maximum Gasteiger partial charge on any atom is 0.335 e. The van der Waals surface area contributed by atoms with Crippen molar-refractivity contribution in [2.24, 2.45) is 10.6 Å². The van der Waals surface area contributed by atoms with Gasteiger partial charge in [0.05, 0.1) is 37.0 Å². The molecule has 3 aliphatic rings. The van der Waals surface area contributed by atoms with Crippen molar-refractivity contribution < 1.29 is 32.6 Å². The number of carboxylic acids is 1. The molecule has 2 atom stereocenters. The SMILES string of the molecule is COc1ccc2c(c1)[C@H]1C[C@@]1(C(=O)N(C)CCOCCN(C)S(N)(=O)=O)Cn1c-2c(C2CCCCC2)c2ccc(C(=O)O)cc21. The van der Waals surface area contributed by atoms with Gasteiger partial charge in [0.2, 0.25) is 5.91 Å². The number of benzene rings is 2. The number of nitrogens with two attached hydrogens (primary N) is 1. The highest BCUT2D eigenvalue weighted by molar-refractivity contribution is 7.86. The van der Waals surface area contributed by atoms with E-state index in [1.807, 2.05) is 12.1 Å². The summed E-state index contributed by atoms with van der Waals surface area (Å²) in [5.41, 5.74) is 4.93. The van der Waals surface area contributed by atoms with E-state index in [-0.39, 0.29) is 37.1 Å². The van der Waals surface area contributed by atoms with Crippen LogP contribution in [0.5, 0.6) is 5.75 Å². The fraction of sp³-hybridized carbons (Fsp3) is 0.515. The Morgan fingerprint density at radius 1 is 1.07 bits per heavy atom. The lowest BCUT2D eigenvalue weighted by Crippen LogP contribution is -2.39. The van der Waals surface area contributed by atoms with Gasteiger partial charge in [-0.2, -0.15) is 12.7 Å². The minimum atomic E-state index is -3.78. The van der Waals surface area contributed by atoms with Crippen LogP contribution in [0.1, 0.15) is 71.8 Å². The van der Waals surface area contributed by atoms with E-state index in [4.69, 9.17) is 14.6 Å². The van der Waals surface area contributed by atoms with Crippen LogP contribution >= 0.6 is 0 Å². The molecule has 1 aliphatic heterocycles. The predicted molar refractivity (Wildman–Crippen MR) is 171 cm³/mol. The molecular formula is C33H42N4O7S. The van der Waals surface area contributed by atoms with Gasteiger partial charge in [-0.25, -0.2) is 9.93 Å². The zero-order valence-electron chi connectivity index (χ0n) is 26.1. The third-order valence-corrected chi connectivity index (χ3v) is 11.1. The Hall–Kier alpha value is -3.45. The number of methoxy groups -OCH3 is 1. The molecule has 45 heavy (non-hydrogen) atoms. The van der Waals surface area contributed by atoms with Gasteiger partial charge in [-0.3, -0.25) is 4.79 Å². The van der Waals surface area contributed by atoms with Gasteiger partial charge in [0.25, 0.3) is 10.2 Å². The van der Waals surface area contributed by atoms with Crippen molar-refractivity contribution in [2.45, 2.75) is 56.9 Å². The second kappa shape index (κ2) is 12.1. The molecule has 6 rings (SSSR count). The van der Waals surface area contributed by atoms with Crippen LogP contribution in [0, 0.1) is 5.41 Å². The fourth-order valence-corrected chi connectivity index (χ4v) is 7.85. The number of carbonyl (C=O) groups is 2. The van der Waals surface area contributed by atoms with Crippen LogP contribution in [0.2, 0.25) is 0 Å². The number of rotatable bonds is 11. The van der Waals surface area contributed by atoms with Gasteiger partial charge in [-0.1, -0.05) is 25.3 Å². The predicted octanol–water partition coefficient (Wildman–Crippen LogP) is 4.16. The molecule has 242 valence electrons. The van der Waals surface area contributed by atoms with E-state index in [1.54, 1.807) is 31.2 Å². The molecular weight excluding hydrogens is 596 g/mol. The first kappa shape index (κ1) is 31.5. The number of aromatic nitrogens is 1. The zero-order chi connectivity index (χ0) is 32.1. The quantitative estimate of drug-likeness (QED) is 0.300. The molecule has 0 unspecified atom stereocenters. The summed E-state index contributed by atoms with van der Waals surface area (Å²) in [6.07, 6.45) is 6.39. The highest BCUT2D eigenvalue weighted by atomic mass is 32.2. The monoisotopic (exact) mass is 638 g/mol. The molecule has 3 aromatic rings. The van der Waals surface area contributed by atoms with Gasteiger partial charge >= 0.3 is 5.97 Å². The second-order valence-corrected chi connectivity index (χ2v) is 14.4. The molecule has 0 bridgehead atoms. The molecule has 0 radical (unpaired) electrons. The fourth-order valence-electron chi connectivity index (χ4n) is 7.52. The van der Waals surface area contributed by atoms with E-state index < -0.39 is 21.6 Å². The van der Waals surface area contributed by atoms with Crippen molar-refractivity contribution in [1.29, 1.82) is 0 Å². The van der Waals surface area contributed by atoms with E-state index in [0.717, 1.165) is 63.5 Å². The number of nitrogens with zero attached hydrogens (tertiary/aromatic N) is 3. The Balaban J connectivity index is 1.38. The molecule has 2 fully saturated rings. The highest BCUT2D eigenvalue weighted by Gasteiger charge is 2.63. The minimum absolute atomic E-state index is 0.00910. The molecule has 1 aromatic heterocycles. The highest BCUT2D eigenvalue weighted by Crippen LogP contribution is 2.66. The Morgan fingerprint density at radius 2 is 1.80 bits per heavy atom. The summed E-state index contributed by atoms with van der Waals surface area (Å²) in [5.74, 6) is 0.117. The molecule has 2 saturated carbocycles. The van der Waals surface area contributed by atoms with Crippen molar-refractivity contribution in [3.05, 3.63) is 53.1 Å². The smallest absolute Gasteiger partial charge is 0.335 e. The Labute approximate surface area is 264 Å². The number of carboxylic acid groups (broad SMARTS) is 1. The first-order chi connectivity index (χ1) is 21.5. The average Bonchev–Trinajstić information content (AvgIpc) is 3.69. The number of amides is 1. The maximum atomic E-state index is 14.3. The van der Waals surface area contributed by atoms with Crippen LogP contribution in [0.4, 0.5) is 0 Å². The molecule has 2 aromatic carbocycles. The number of aromatic carboxylic acids is 1. The number of carbonyl (C=O) groups excluding carboxylic acids is 1. The van der Waals surface area contributed by atoms with Gasteiger partial charge in [0, 0.05) is 56.1 Å². The van der Waals surface area contributed by atoms with E-state index >= 15 is 0 Å². The van der Waals surface area contributed by atoms with Crippen molar-refractivity contribution >= 4 is 33.0 Å². The standard InChI is InChI=1S/C33H42N4O7S/c1-35(13-15-44-16-14-36(2)45(34,41)42)32(40)33-19-27(33)26-18-23(43-3)10-12-24(26)30-29(21-7-5-4-6-8-21)25-11-9-22(31(38)39)17-28(25)37(30)20-33/h9-12,17-18,21,27H,4-8,13-16,19-20H2,1-3H3,(H,38,39)(H2,34,41,42)/t27-,33-/m1/s1. The first-order valence-electron chi connectivity index (χ1n) is 15.6. The van der Waals surface area contributed by atoms with Crippen LogP contribution in [0.15, 0.2) is 36.4 Å². The molecule has 2 heterocycles. The Bertz CT molecular complexity index is 1750. The van der Waals surface area contributed by atoms with Gasteiger partial charge in [-0.05, 0) is 66.6 Å². The lowest BCUT2D eigenvalue weighted by molar-refractivity contribution is -0.137. The summed E-state index contributed by atoms with van der Waals surface area (Å²) in [4.78, 5) is 28.1. The lowest BCUT2D eigenvalue weighted by atomic mass is 9.81. The molecule has 0 saturated heterocycles. The zero-order valence-corrected chi connectivity index (χ0v) is 26.9. The van der Waals surface area contributed by atoms with Crippen LogP contribution < -0.4 is 9.88 Å². The molecule has 1 amide bonds. The summed E-state index contributed by atoms with van der Waals surface area (Å²) < 4.78 is 37.4. The summed E-state index contributed by atoms with van der Waals surface area (Å²) >= 11 is 0. The third kappa shape index (κ3) is 5.73. The minimum Gasteiger partial charge on any atom is -0.497 e. The van der Waals surface area contributed by atoms with Crippen LogP contribution in [-0.4, -0.2) is 86.7 Å². The maximum absolute atomic E-state index is 14.3. The van der Waals surface area contributed by atoms with E-state index in [2.05, 4.69) is 16.7 Å². The second-order valence-electron chi connectivity index (χ2n) is 12.8. The summed E-state index contributed by atoms with van der Waals surface area (Å²) in [7, 11) is 1.03. The van der Waals surface area contributed by atoms with E-state index in [1.165, 1.54) is 19.0 Å². The first-order valence-corrected chi connectivity index (χ1v) is 17.1.